The fourth-order valence-electron chi connectivity index (χ4n) is 3.65. The van der Waals surface area contributed by atoms with Crippen molar-refractivity contribution >= 4 is 35.1 Å². The van der Waals surface area contributed by atoms with Crippen LogP contribution in [0.5, 0.6) is 5.75 Å². The molecule has 0 aliphatic carbocycles. The summed E-state index contributed by atoms with van der Waals surface area (Å²) in [6, 6.07) is 6.09. The van der Waals surface area contributed by atoms with Crippen LogP contribution in [0.3, 0.4) is 0 Å². The third-order valence-corrected chi connectivity index (χ3v) is 5.82. The number of aromatic nitrogens is 1. The fraction of sp³-hybridized carbons (Fsp3) is 0.500. The number of likely N-dealkylation sites (N-methyl/N-ethyl adjacent to an activating group) is 1. The molecule has 4 rings (SSSR count). The Balaban J connectivity index is 0.00000169. The zero-order chi connectivity index (χ0) is 15.8. The maximum absolute atomic E-state index is 12.2. The molecule has 1 aromatic carbocycles. The van der Waals surface area contributed by atoms with Crippen LogP contribution >= 0.6 is 24.2 Å². The lowest BCUT2D eigenvalue weighted by molar-refractivity contribution is 0.104. The van der Waals surface area contributed by atoms with Crippen LogP contribution in [0.15, 0.2) is 23.0 Å². The number of aryl methyl sites for hydroxylation is 1. The number of nitrogens with zero attached hydrogens (tertiary/aromatic N) is 1. The molecule has 2 aliphatic rings. The van der Waals surface area contributed by atoms with E-state index in [-0.39, 0.29) is 24.1 Å². The lowest BCUT2D eigenvalue weighted by atomic mass is 10.0. The van der Waals surface area contributed by atoms with Crippen molar-refractivity contribution < 1.29 is 4.74 Å². The molecule has 24 heavy (non-hydrogen) atoms. The molecule has 1 aromatic heterocycles. The maximum atomic E-state index is 12.2. The molecule has 2 aliphatic heterocycles. The summed E-state index contributed by atoms with van der Waals surface area (Å²) in [5.74, 6) is 2.83. The van der Waals surface area contributed by atoms with Crippen molar-refractivity contribution in [3.8, 4) is 5.75 Å². The average Bonchev–Trinajstić information content (AvgIpc) is 2.56. The third kappa shape index (κ3) is 3.44. The molecule has 0 saturated carbocycles. The van der Waals surface area contributed by atoms with Crippen molar-refractivity contribution in [2.24, 2.45) is 0 Å². The van der Waals surface area contributed by atoms with Gasteiger partial charge in [-0.25, -0.2) is 0 Å². The minimum atomic E-state index is 0. The summed E-state index contributed by atoms with van der Waals surface area (Å²) in [5, 5.41) is 1.15. The van der Waals surface area contributed by atoms with Crippen LogP contribution in [0.25, 0.3) is 10.9 Å². The van der Waals surface area contributed by atoms with Gasteiger partial charge in [-0.05, 0) is 62.4 Å². The van der Waals surface area contributed by atoms with Crippen molar-refractivity contribution in [2.75, 3.05) is 25.9 Å². The smallest absolute Gasteiger partial charge is 0.252 e. The van der Waals surface area contributed by atoms with Gasteiger partial charge in [-0.2, -0.15) is 11.8 Å². The molecule has 1 atom stereocenters. The van der Waals surface area contributed by atoms with Crippen LogP contribution in [0.2, 0.25) is 0 Å². The van der Waals surface area contributed by atoms with Crippen LogP contribution in [-0.2, 0) is 12.2 Å². The lowest BCUT2D eigenvalue weighted by Crippen LogP contribution is -2.38. The molecule has 6 heteroatoms. The van der Waals surface area contributed by atoms with Crippen LogP contribution in [-0.4, -0.2) is 41.9 Å². The number of piperidine rings is 1. The van der Waals surface area contributed by atoms with Crippen molar-refractivity contribution in [1.29, 1.82) is 0 Å². The number of hydrogen-bond donors (Lipinski definition) is 1. The number of H-pyrrole nitrogens is 1. The highest BCUT2D eigenvalue weighted by molar-refractivity contribution is 7.98. The second-order valence-corrected chi connectivity index (χ2v) is 7.67. The van der Waals surface area contributed by atoms with Gasteiger partial charge in [0.1, 0.15) is 11.9 Å². The highest BCUT2D eigenvalue weighted by Crippen LogP contribution is 2.30. The first-order chi connectivity index (χ1) is 11.2. The van der Waals surface area contributed by atoms with Crippen molar-refractivity contribution in [3.63, 3.8) is 0 Å². The first-order valence-electron chi connectivity index (χ1n) is 8.31. The molecule has 4 nitrogen and oxygen atoms in total. The predicted octanol–water partition coefficient (Wildman–Crippen LogP) is 3.21. The van der Waals surface area contributed by atoms with E-state index in [9.17, 15) is 4.79 Å². The summed E-state index contributed by atoms with van der Waals surface area (Å²) in [6.07, 6.45) is 3.54. The number of aromatic amines is 1. The normalized spacial score (nSPS) is 21.1. The molecule has 1 fully saturated rings. The monoisotopic (exact) mass is 366 g/mol. The highest BCUT2D eigenvalue weighted by Gasteiger charge is 2.20. The molecule has 2 aromatic rings. The van der Waals surface area contributed by atoms with E-state index in [1.165, 1.54) is 12.0 Å². The first-order valence-corrected chi connectivity index (χ1v) is 9.47. The number of likely N-dealkylation sites (tertiary alicyclic amines) is 1. The summed E-state index contributed by atoms with van der Waals surface area (Å²) in [4.78, 5) is 17.6. The number of thioether (sulfide) groups is 1. The lowest BCUT2D eigenvalue weighted by Gasteiger charge is -2.30. The van der Waals surface area contributed by atoms with E-state index in [4.69, 9.17) is 4.74 Å². The van der Waals surface area contributed by atoms with Crippen molar-refractivity contribution in [2.45, 2.75) is 31.1 Å². The van der Waals surface area contributed by atoms with Gasteiger partial charge >= 0.3 is 0 Å². The Morgan fingerprint density at radius 3 is 3.04 bits per heavy atom. The minimum absolute atomic E-state index is 0. The van der Waals surface area contributed by atoms with Gasteiger partial charge in [0, 0.05) is 28.8 Å². The van der Waals surface area contributed by atoms with Crippen molar-refractivity contribution in [3.05, 3.63) is 39.7 Å². The second kappa shape index (κ2) is 7.38. The summed E-state index contributed by atoms with van der Waals surface area (Å²) >= 11 is 1.84. The molecule has 1 unspecified atom stereocenters. The van der Waals surface area contributed by atoms with Crippen LogP contribution < -0.4 is 10.3 Å². The van der Waals surface area contributed by atoms with Crippen LogP contribution in [0.4, 0.5) is 0 Å². The highest BCUT2D eigenvalue weighted by atomic mass is 35.5. The van der Waals surface area contributed by atoms with Gasteiger partial charge in [-0.15, -0.1) is 12.4 Å². The largest absolute Gasteiger partial charge is 0.489 e. The molecule has 0 amide bonds. The Morgan fingerprint density at radius 2 is 2.21 bits per heavy atom. The number of pyridine rings is 1. The number of nitrogens with one attached hydrogen (secondary N) is 1. The number of rotatable bonds is 2. The number of benzene rings is 1. The van der Waals surface area contributed by atoms with Crippen LogP contribution in [0.1, 0.15) is 24.0 Å². The SMILES string of the molecule is CN1CCCC(Oc2ccc3[nH]c(=O)c4c(c3c2)CCSC4)C1.Cl. The van der Waals surface area contributed by atoms with Gasteiger partial charge in [0.15, 0.2) is 0 Å². The molecule has 0 spiro atoms. The van der Waals surface area contributed by atoms with Gasteiger partial charge in [0.25, 0.3) is 5.56 Å². The summed E-state index contributed by atoms with van der Waals surface area (Å²) in [7, 11) is 2.15. The number of fused-ring (bicyclic) bond motifs is 3. The number of halogens is 1. The zero-order valence-corrected chi connectivity index (χ0v) is 15.5. The van der Waals surface area contributed by atoms with E-state index >= 15 is 0 Å². The minimum Gasteiger partial charge on any atom is -0.489 e. The Labute approximate surface area is 152 Å². The van der Waals surface area contributed by atoms with Gasteiger partial charge in [-0.3, -0.25) is 4.79 Å². The van der Waals surface area contributed by atoms with Crippen molar-refractivity contribution in [1.82, 2.24) is 9.88 Å². The molecule has 1 saturated heterocycles. The fourth-order valence-corrected chi connectivity index (χ4v) is 4.65. The maximum Gasteiger partial charge on any atom is 0.252 e. The number of ether oxygens (including phenoxy) is 1. The Morgan fingerprint density at radius 1 is 1.33 bits per heavy atom. The molecule has 130 valence electrons. The van der Waals surface area contributed by atoms with E-state index in [1.807, 2.05) is 23.9 Å². The van der Waals surface area contributed by atoms with E-state index in [0.717, 1.165) is 59.7 Å². The third-order valence-electron chi connectivity index (χ3n) is 4.83. The van der Waals surface area contributed by atoms with E-state index in [1.54, 1.807) is 0 Å². The molecular weight excluding hydrogens is 344 g/mol. The summed E-state index contributed by atoms with van der Waals surface area (Å²) in [5.41, 5.74) is 3.16. The molecular formula is C18H23ClN2O2S. The van der Waals surface area contributed by atoms with E-state index < -0.39 is 0 Å². The Kier molecular flexibility index (Phi) is 5.42. The number of hydrogen-bond acceptors (Lipinski definition) is 4. The summed E-state index contributed by atoms with van der Waals surface area (Å²) in [6.45, 7) is 2.14. The molecule has 0 bridgehead atoms. The molecule has 0 radical (unpaired) electrons. The van der Waals surface area contributed by atoms with E-state index in [2.05, 4.69) is 23.0 Å². The van der Waals surface area contributed by atoms with E-state index in [0.29, 0.717) is 0 Å². The second-order valence-electron chi connectivity index (χ2n) is 6.57. The molecule has 1 N–H and O–H groups in total. The van der Waals surface area contributed by atoms with Gasteiger partial charge in [-0.1, -0.05) is 0 Å². The predicted molar refractivity (Wildman–Crippen MR) is 103 cm³/mol. The van der Waals surface area contributed by atoms with Crippen LogP contribution in [0, 0.1) is 0 Å². The molecule has 3 heterocycles. The van der Waals surface area contributed by atoms with Gasteiger partial charge < -0.3 is 14.6 Å². The quantitative estimate of drug-likeness (QED) is 0.886. The Hall–Kier alpha value is -1.17. The topological polar surface area (TPSA) is 45.3 Å². The van der Waals surface area contributed by atoms with Gasteiger partial charge in [0.2, 0.25) is 0 Å². The zero-order valence-electron chi connectivity index (χ0n) is 13.8. The van der Waals surface area contributed by atoms with Gasteiger partial charge in [0.05, 0.1) is 0 Å². The Bertz CT molecular complexity index is 792. The standard InChI is InChI=1S/C18H22N2O2S.ClH/c1-20-7-2-3-13(10-20)22-12-4-5-17-15(9-12)14-6-8-23-11-16(14)18(21)19-17;/h4-5,9,13H,2-3,6-8,10-11H2,1H3,(H,19,21);1H. The summed E-state index contributed by atoms with van der Waals surface area (Å²) < 4.78 is 6.22. The first kappa shape index (κ1) is 17.6. The average molecular weight is 367 g/mol.